The van der Waals surface area contributed by atoms with Crippen molar-refractivity contribution in [3.05, 3.63) is 17.7 Å². The number of piperidine rings is 1. The standard InChI is InChI=1S/C15H21NO3/c1-17-13-8-12(7-11-3-2-4-16-10-11)15-14(9-13)18-5-6-19-15/h8-9,11,16H,2-7,10H2,1H3. The fourth-order valence-electron chi connectivity index (χ4n) is 2.88. The van der Waals surface area contributed by atoms with Gasteiger partial charge < -0.3 is 19.5 Å². The Morgan fingerprint density at radius 2 is 2.21 bits per heavy atom. The monoisotopic (exact) mass is 263 g/mol. The molecule has 0 bridgehead atoms. The van der Waals surface area contributed by atoms with Crippen LogP contribution in [0.4, 0.5) is 0 Å². The van der Waals surface area contributed by atoms with Crippen molar-refractivity contribution in [3.8, 4) is 17.2 Å². The molecule has 0 saturated carbocycles. The van der Waals surface area contributed by atoms with Gasteiger partial charge in [-0.15, -0.1) is 0 Å². The van der Waals surface area contributed by atoms with Crippen LogP contribution in [0.5, 0.6) is 17.2 Å². The Morgan fingerprint density at radius 1 is 1.32 bits per heavy atom. The molecule has 1 fully saturated rings. The number of rotatable bonds is 3. The third-order valence-electron chi connectivity index (χ3n) is 3.84. The predicted molar refractivity (Wildman–Crippen MR) is 73.3 cm³/mol. The van der Waals surface area contributed by atoms with Crippen LogP contribution in [0.3, 0.4) is 0 Å². The van der Waals surface area contributed by atoms with Crippen molar-refractivity contribution < 1.29 is 14.2 Å². The van der Waals surface area contributed by atoms with Gasteiger partial charge in [-0.3, -0.25) is 0 Å². The normalized spacial score (nSPS) is 22.1. The van der Waals surface area contributed by atoms with Gasteiger partial charge in [0.25, 0.3) is 0 Å². The molecule has 19 heavy (non-hydrogen) atoms. The highest BCUT2D eigenvalue weighted by molar-refractivity contribution is 5.52. The maximum absolute atomic E-state index is 5.79. The highest BCUT2D eigenvalue weighted by atomic mass is 16.6. The summed E-state index contributed by atoms with van der Waals surface area (Å²) in [5, 5.41) is 3.46. The van der Waals surface area contributed by atoms with E-state index in [2.05, 4.69) is 11.4 Å². The lowest BCUT2D eigenvalue weighted by molar-refractivity contribution is 0.168. The van der Waals surface area contributed by atoms with Gasteiger partial charge in [0.05, 0.1) is 7.11 Å². The number of methoxy groups -OCH3 is 1. The first-order valence-corrected chi connectivity index (χ1v) is 7.04. The quantitative estimate of drug-likeness (QED) is 0.905. The molecule has 0 aliphatic carbocycles. The van der Waals surface area contributed by atoms with Gasteiger partial charge in [0, 0.05) is 11.6 Å². The van der Waals surface area contributed by atoms with E-state index >= 15 is 0 Å². The molecule has 2 aliphatic heterocycles. The van der Waals surface area contributed by atoms with E-state index in [0.29, 0.717) is 19.1 Å². The molecule has 2 heterocycles. The zero-order chi connectivity index (χ0) is 13.1. The number of fused-ring (bicyclic) bond motifs is 1. The summed E-state index contributed by atoms with van der Waals surface area (Å²) in [5.74, 6) is 3.26. The molecule has 1 saturated heterocycles. The summed E-state index contributed by atoms with van der Waals surface area (Å²) in [6.45, 7) is 3.49. The van der Waals surface area contributed by atoms with Crippen LogP contribution in [0.15, 0.2) is 12.1 Å². The maximum Gasteiger partial charge on any atom is 0.165 e. The lowest BCUT2D eigenvalue weighted by Gasteiger charge is -2.26. The van der Waals surface area contributed by atoms with Crippen molar-refractivity contribution in [2.45, 2.75) is 19.3 Å². The minimum atomic E-state index is 0.616. The molecular formula is C15H21NO3. The fraction of sp³-hybridized carbons (Fsp3) is 0.600. The van der Waals surface area contributed by atoms with E-state index in [1.165, 1.54) is 18.4 Å². The first-order valence-electron chi connectivity index (χ1n) is 7.04. The Kier molecular flexibility index (Phi) is 3.78. The van der Waals surface area contributed by atoms with Crippen LogP contribution < -0.4 is 19.5 Å². The Morgan fingerprint density at radius 3 is 3.00 bits per heavy atom. The highest BCUT2D eigenvalue weighted by Crippen LogP contribution is 2.39. The minimum absolute atomic E-state index is 0.616. The van der Waals surface area contributed by atoms with E-state index in [1.807, 2.05) is 6.07 Å². The van der Waals surface area contributed by atoms with E-state index in [0.717, 1.165) is 36.8 Å². The molecular weight excluding hydrogens is 242 g/mol. The van der Waals surface area contributed by atoms with Gasteiger partial charge >= 0.3 is 0 Å². The number of hydrogen-bond acceptors (Lipinski definition) is 4. The van der Waals surface area contributed by atoms with Crippen molar-refractivity contribution in [2.75, 3.05) is 33.4 Å². The van der Waals surface area contributed by atoms with E-state index in [1.54, 1.807) is 7.11 Å². The second-order valence-electron chi connectivity index (χ2n) is 5.23. The van der Waals surface area contributed by atoms with Crippen molar-refractivity contribution >= 4 is 0 Å². The van der Waals surface area contributed by atoms with Crippen LogP contribution in [0.25, 0.3) is 0 Å². The van der Waals surface area contributed by atoms with E-state index in [9.17, 15) is 0 Å². The van der Waals surface area contributed by atoms with Crippen molar-refractivity contribution in [1.29, 1.82) is 0 Å². The molecule has 2 aliphatic rings. The summed E-state index contributed by atoms with van der Waals surface area (Å²) in [5.41, 5.74) is 1.21. The van der Waals surface area contributed by atoms with Gasteiger partial charge in [0.2, 0.25) is 0 Å². The summed E-state index contributed by atoms with van der Waals surface area (Å²) in [7, 11) is 1.69. The molecule has 1 N–H and O–H groups in total. The van der Waals surface area contributed by atoms with Crippen molar-refractivity contribution in [3.63, 3.8) is 0 Å². The Bertz CT molecular complexity index is 441. The summed E-state index contributed by atoms with van der Waals surface area (Å²) in [4.78, 5) is 0. The average Bonchev–Trinajstić information content (AvgIpc) is 2.48. The third kappa shape index (κ3) is 2.78. The topological polar surface area (TPSA) is 39.7 Å². The third-order valence-corrected chi connectivity index (χ3v) is 3.84. The first-order chi connectivity index (χ1) is 9.36. The minimum Gasteiger partial charge on any atom is -0.497 e. The second kappa shape index (κ2) is 5.70. The van der Waals surface area contributed by atoms with Crippen molar-refractivity contribution in [1.82, 2.24) is 5.32 Å². The molecule has 1 aromatic rings. The molecule has 3 rings (SSSR count). The number of benzene rings is 1. The lowest BCUT2D eigenvalue weighted by Crippen LogP contribution is -2.31. The number of hydrogen-bond donors (Lipinski definition) is 1. The zero-order valence-corrected chi connectivity index (χ0v) is 11.4. The summed E-state index contributed by atoms with van der Waals surface area (Å²) in [6.07, 6.45) is 3.56. The van der Waals surface area contributed by atoms with E-state index in [4.69, 9.17) is 14.2 Å². The van der Waals surface area contributed by atoms with Gasteiger partial charge in [-0.05, 0) is 44.3 Å². The van der Waals surface area contributed by atoms with Gasteiger partial charge in [-0.25, -0.2) is 0 Å². The maximum atomic E-state index is 5.79. The van der Waals surface area contributed by atoms with Crippen LogP contribution in [0.1, 0.15) is 18.4 Å². The van der Waals surface area contributed by atoms with Crippen LogP contribution in [-0.4, -0.2) is 33.4 Å². The SMILES string of the molecule is COc1cc(CC2CCCNC2)c2c(c1)OCCO2. The lowest BCUT2D eigenvalue weighted by atomic mass is 9.91. The van der Waals surface area contributed by atoms with Gasteiger partial charge in [-0.1, -0.05) is 0 Å². The van der Waals surface area contributed by atoms with Crippen molar-refractivity contribution in [2.24, 2.45) is 5.92 Å². The zero-order valence-electron chi connectivity index (χ0n) is 11.4. The summed E-state index contributed by atoms with van der Waals surface area (Å²) in [6, 6.07) is 4.00. The second-order valence-corrected chi connectivity index (χ2v) is 5.23. The Labute approximate surface area is 114 Å². The van der Waals surface area contributed by atoms with Crippen LogP contribution in [0.2, 0.25) is 0 Å². The van der Waals surface area contributed by atoms with Gasteiger partial charge in [-0.2, -0.15) is 0 Å². The Hall–Kier alpha value is -1.42. The fourth-order valence-corrected chi connectivity index (χ4v) is 2.88. The molecule has 4 heteroatoms. The highest BCUT2D eigenvalue weighted by Gasteiger charge is 2.21. The van der Waals surface area contributed by atoms with Crippen LogP contribution in [0, 0.1) is 5.92 Å². The van der Waals surface area contributed by atoms with Gasteiger partial charge in [0.15, 0.2) is 11.5 Å². The van der Waals surface area contributed by atoms with Crippen LogP contribution >= 0.6 is 0 Å². The molecule has 104 valence electrons. The summed E-state index contributed by atoms with van der Waals surface area (Å²) >= 11 is 0. The Balaban J connectivity index is 1.85. The number of nitrogens with one attached hydrogen (secondary N) is 1. The molecule has 0 aromatic heterocycles. The smallest absolute Gasteiger partial charge is 0.165 e. The molecule has 1 atom stereocenters. The largest absolute Gasteiger partial charge is 0.497 e. The molecule has 4 nitrogen and oxygen atoms in total. The first kappa shape index (κ1) is 12.6. The van der Waals surface area contributed by atoms with E-state index in [-0.39, 0.29) is 0 Å². The predicted octanol–water partition coefficient (Wildman–Crippen LogP) is 2.01. The molecule has 0 amide bonds. The molecule has 1 unspecified atom stereocenters. The van der Waals surface area contributed by atoms with E-state index < -0.39 is 0 Å². The van der Waals surface area contributed by atoms with Gasteiger partial charge in [0.1, 0.15) is 19.0 Å². The molecule has 0 spiro atoms. The van der Waals surface area contributed by atoms with Crippen LogP contribution in [-0.2, 0) is 6.42 Å². The molecule has 0 radical (unpaired) electrons. The average molecular weight is 263 g/mol. The summed E-state index contributed by atoms with van der Waals surface area (Å²) < 4.78 is 16.8. The number of ether oxygens (including phenoxy) is 3. The molecule has 1 aromatic carbocycles.